The van der Waals surface area contributed by atoms with Gasteiger partial charge >= 0.3 is 0 Å². The Hall–Kier alpha value is -1.78. The van der Waals surface area contributed by atoms with Crippen LogP contribution < -0.4 is 5.73 Å². The monoisotopic (exact) mass is 360 g/mol. The van der Waals surface area contributed by atoms with Crippen LogP contribution in [0, 0.1) is 5.92 Å². The molecule has 0 radical (unpaired) electrons. The van der Waals surface area contributed by atoms with Gasteiger partial charge in [-0.3, -0.25) is 4.79 Å². The number of nitrogens with two attached hydrogens (primary N) is 1. The molecule has 1 aromatic carbocycles. The van der Waals surface area contributed by atoms with E-state index in [1.54, 1.807) is 0 Å². The van der Waals surface area contributed by atoms with E-state index in [4.69, 9.17) is 10.2 Å². The Morgan fingerprint density at radius 3 is 2.76 bits per heavy atom. The SMILES string of the molecule is Cl.N[C@@H]1CCC[C@H]1CC(=O)N1CCc2cc(-c3ccccc3)oc2C1. The van der Waals surface area contributed by atoms with Crippen molar-refractivity contribution in [3.63, 3.8) is 0 Å². The van der Waals surface area contributed by atoms with Gasteiger partial charge in [-0.15, -0.1) is 12.4 Å². The molecule has 0 spiro atoms. The zero-order valence-corrected chi connectivity index (χ0v) is 15.1. The van der Waals surface area contributed by atoms with Crippen molar-refractivity contribution in [2.75, 3.05) is 6.54 Å². The second-order valence-corrected chi connectivity index (χ2v) is 7.05. The Kier molecular flexibility index (Phi) is 5.50. The van der Waals surface area contributed by atoms with Crippen molar-refractivity contribution >= 4 is 18.3 Å². The molecular formula is C20H25ClN2O2. The molecule has 2 aromatic rings. The van der Waals surface area contributed by atoms with Crippen LogP contribution in [0.25, 0.3) is 11.3 Å². The van der Waals surface area contributed by atoms with Gasteiger partial charge in [0, 0.05) is 24.6 Å². The number of rotatable bonds is 3. The molecule has 1 fully saturated rings. The van der Waals surface area contributed by atoms with Crippen molar-refractivity contribution in [2.45, 2.75) is 44.7 Å². The Bertz CT molecular complexity index is 729. The molecule has 134 valence electrons. The van der Waals surface area contributed by atoms with Gasteiger partial charge in [0.05, 0.1) is 6.54 Å². The summed E-state index contributed by atoms with van der Waals surface area (Å²) >= 11 is 0. The maximum Gasteiger partial charge on any atom is 0.223 e. The van der Waals surface area contributed by atoms with Crippen LogP contribution in [0.15, 0.2) is 40.8 Å². The third-order valence-electron chi connectivity index (χ3n) is 5.45. The summed E-state index contributed by atoms with van der Waals surface area (Å²) in [5, 5.41) is 0. The van der Waals surface area contributed by atoms with E-state index >= 15 is 0 Å². The average Bonchev–Trinajstić information content (AvgIpc) is 3.21. The summed E-state index contributed by atoms with van der Waals surface area (Å²) in [6, 6.07) is 12.4. The van der Waals surface area contributed by atoms with Gasteiger partial charge in [0.2, 0.25) is 5.91 Å². The first-order valence-electron chi connectivity index (χ1n) is 8.91. The molecular weight excluding hydrogens is 336 g/mol. The minimum atomic E-state index is 0. The first-order valence-corrected chi connectivity index (χ1v) is 8.91. The summed E-state index contributed by atoms with van der Waals surface area (Å²) < 4.78 is 6.05. The number of halogens is 1. The molecule has 1 saturated carbocycles. The number of furan rings is 1. The van der Waals surface area contributed by atoms with Crippen LogP contribution in [0.5, 0.6) is 0 Å². The van der Waals surface area contributed by atoms with E-state index in [-0.39, 0.29) is 24.4 Å². The fourth-order valence-electron chi connectivity index (χ4n) is 3.95. The predicted octanol–water partition coefficient (Wildman–Crippen LogP) is 3.77. The quantitative estimate of drug-likeness (QED) is 0.906. The molecule has 2 heterocycles. The Balaban J connectivity index is 0.00000182. The maximum atomic E-state index is 12.6. The minimum Gasteiger partial charge on any atom is -0.459 e. The van der Waals surface area contributed by atoms with E-state index in [9.17, 15) is 4.79 Å². The highest BCUT2D eigenvalue weighted by Crippen LogP contribution is 2.31. The second kappa shape index (κ2) is 7.63. The molecule has 4 rings (SSSR count). The van der Waals surface area contributed by atoms with Crippen LogP contribution in [0.4, 0.5) is 0 Å². The molecule has 1 amide bonds. The average molecular weight is 361 g/mol. The molecule has 2 aliphatic rings. The lowest BCUT2D eigenvalue weighted by atomic mass is 9.98. The van der Waals surface area contributed by atoms with Crippen molar-refractivity contribution < 1.29 is 9.21 Å². The normalized spacial score (nSPS) is 22.4. The molecule has 1 aromatic heterocycles. The van der Waals surface area contributed by atoms with Gasteiger partial charge in [0.25, 0.3) is 0 Å². The topological polar surface area (TPSA) is 59.5 Å². The molecule has 0 bridgehead atoms. The van der Waals surface area contributed by atoms with Gasteiger partial charge in [0.15, 0.2) is 0 Å². The van der Waals surface area contributed by atoms with Crippen LogP contribution >= 0.6 is 12.4 Å². The lowest BCUT2D eigenvalue weighted by molar-refractivity contribution is -0.133. The highest BCUT2D eigenvalue weighted by Gasteiger charge is 2.30. The fraction of sp³-hybridized carbons (Fsp3) is 0.450. The summed E-state index contributed by atoms with van der Waals surface area (Å²) in [6.45, 7) is 1.37. The lowest BCUT2D eigenvalue weighted by Gasteiger charge is -2.27. The van der Waals surface area contributed by atoms with Crippen molar-refractivity contribution in [1.29, 1.82) is 0 Å². The fourth-order valence-corrected chi connectivity index (χ4v) is 3.95. The van der Waals surface area contributed by atoms with E-state index in [2.05, 4.69) is 18.2 Å². The zero-order valence-electron chi connectivity index (χ0n) is 14.3. The van der Waals surface area contributed by atoms with Gasteiger partial charge in [0.1, 0.15) is 11.5 Å². The summed E-state index contributed by atoms with van der Waals surface area (Å²) in [7, 11) is 0. The summed E-state index contributed by atoms with van der Waals surface area (Å²) in [4.78, 5) is 14.6. The molecule has 2 atom stereocenters. The number of fused-ring (bicyclic) bond motifs is 1. The molecule has 25 heavy (non-hydrogen) atoms. The van der Waals surface area contributed by atoms with E-state index in [1.165, 1.54) is 5.56 Å². The summed E-state index contributed by atoms with van der Waals surface area (Å²) in [5.74, 6) is 2.41. The molecule has 1 aliphatic heterocycles. The highest BCUT2D eigenvalue weighted by molar-refractivity contribution is 5.85. The third-order valence-corrected chi connectivity index (χ3v) is 5.45. The minimum absolute atomic E-state index is 0. The number of nitrogens with zero attached hydrogens (tertiary/aromatic N) is 1. The van der Waals surface area contributed by atoms with Gasteiger partial charge < -0.3 is 15.1 Å². The van der Waals surface area contributed by atoms with Crippen molar-refractivity contribution in [3.05, 3.63) is 47.7 Å². The Labute approximate surface area is 154 Å². The van der Waals surface area contributed by atoms with Crippen LogP contribution in [0.1, 0.15) is 37.0 Å². The number of carbonyl (C=O) groups is 1. The van der Waals surface area contributed by atoms with Crippen LogP contribution in [-0.4, -0.2) is 23.4 Å². The number of hydrogen-bond donors (Lipinski definition) is 1. The zero-order chi connectivity index (χ0) is 16.5. The molecule has 1 aliphatic carbocycles. The molecule has 4 nitrogen and oxygen atoms in total. The van der Waals surface area contributed by atoms with Crippen molar-refractivity contribution in [1.82, 2.24) is 4.90 Å². The van der Waals surface area contributed by atoms with Crippen molar-refractivity contribution in [2.24, 2.45) is 11.7 Å². The van der Waals surface area contributed by atoms with E-state index in [0.717, 1.165) is 49.3 Å². The standard InChI is InChI=1S/C20H24N2O2.ClH/c21-17-8-4-7-15(17)12-20(23)22-10-9-16-11-18(24-19(16)13-22)14-5-2-1-3-6-14;/h1-3,5-6,11,15,17H,4,7-10,12-13,21H2;1H/t15-,17+;/m0./s1. The second-order valence-electron chi connectivity index (χ2n) is 7.05. The van der Waals surface area contributed by atoms with Gasteiger partial charge in [-0.1, -0.05) is 36.8 Å². The molecule has 5 heteroatoms. The summed E-state index contributed by atoms with van der Waals surface area (Å²) in [5.41, 5.74) is 8.43. The third kappa shape index (κ3) is 3.75. The van der Waals surface area contributed by atoms with E-state index in [0.29, 0.717) is 18.9 Å². The van der Waals surface area contributed by atoms with E-state index in [1.807, 2.05) is 23.1 Å². The molecule has 2 N–H and O–H groups in total. The number of amides is 1. The molecule has 0 saturated heterocycles. The van der Waals surface area contributed by atoms with Gasteiger partial charge in [-0.05, 0) is 36.8 Å². The number of benzene rings is 1. The predicted molar refractivity (Wildman–Crippen MR) is 100 cm³/mol. The summed E-state index contributed by atoms with van der Waals surface area (Å²) in [6.07, 6.45) is 4.75. The highest BCUT2D eigenvalue weighted by atomic mass is 35.5. The largest absolute Gasteiger partial charge is 0.459 e. The first-order chi connectivity index (χ1) is 11.7. The van der Waals surface area contributed by atoms with E-state index < -0.39 is 0 Å². The van der Waals surface area contributed by atoms with Crippen LogP contribution in [-0.2, 0) is 17.8 Å². The first kappa shape index (κ1) is 18.0. The smallest absolute Gasteiger partial charge is 0.223 e. The van der Waals surface area contributed by atoms with Crippen LogP contribution in [0.2, 0.25) is 0 Å². The molecule has 0 unspecified atom stereocenters. The van der Waals surface area contributed by atoms with Gasteiger partial charge in [-0.2, -0.15) is 0 Å². The Morgan fingerprint density at radius 2 is 2.04 bits per heavy atom. The van der Waals surface area contributed by atoms with Crippen LogP contribution in [0.3, 0.4) is 0 Å². The maximum absolute atomic E-state index is 12.6. The lowest BCUT2D eigenvalue weighted by Crippen LogP contribution is -2.38. The number of carbonyl (C=O) groups excluding carboxylic acids is 1. The van der Waals surface area contributed by atoms with Crippen molar-refractivity contribution in [3.8, 4) is 11.3 Å². The number of hydrogen-bond acceptors (Lipinski definition) is 3. The Morgan fingerprint density at radius 1 is 1.24 bits per heavy atom. The van der Waals surface area contributed by atoms with Gasteiger partial charge in [-0.25, -0.2) is 0 Å².